The zero-order valence-electron chi connectivity index (χ0n) is 12.1. The van der Waals surface area contributed by atoms with Gasteiger partial charge in [0.15, 0.2) is 5.82 Å². The lowest BCUT2D eigenvalue weighted by atomic mass is 10.0. The summed E-state index contributed by atoms with van der Waals surface area (Å²) in [7, 11) is 0. The van der Waals surface area contributed by atoms with E-state index in [4.69, 9.17) is 5.11 Å². The highest BCUT2D eigenvalue weighted by molar-refractivity contribution is 9.10. The molecule has 6 nitrogen and oxygen atoms in total. The van der Waals surface area contributed by atoms with E-state index in [2.05, 4.69) is 31.5 Å². The van der Waals surface area contributed by atoms with E-state index in [1.165, 1.54) is 0 Å². The molecule has 2 rings (SSSR count). The number of tetrazole rings is 1. The van der Waals surface area contributed by atoms with Crippen molar-refractivity contribution in [1.29, 1.82) is 0 Å². The minimum Gasteiger partial charge on any atom is -0.481 e. The van der Waals surface area contributed by atoms with E-state index in [-0.39, 0.29) is 18.4 Å². The average molecular weight is 353 g/mol. The number of carboxylic acid groups (broad SMARTS) is 1. The Bertz CT molecular complexity index is 634. The van der Waals surface area contributed by atoms with Crippen LogP contribution >= 0.6 is 15.9 Å². The molecule has 21 heavy (non-hydrogen) atoms. The van der Waals surface area contributed by atoms with E-state index in [9.17, 15) is 4.79 Å². The van der Waals surface area contributed by atoms with Crippen molar-refractivity contribution in [2.75, 3.05) is 0 Å². The molecule has 0 aliphatic carbocycles. The van der Waals surface area contributed by atoms with Crippen LogP contribution in [0, 0.1) is 12.8 Å². The van der Waals surface area contributed by atoms with Crippen LogP contribution in [0.2, 0.25) is 0 Å². The number of nitrogens with zero attached hydrogens (tertiary/aromatic N) is 4. The largest absolute Gasteiger partial charge is 0.481 e. The van der Waals surface area contributed by atoms with Crippen LogP contribution in [0.4, 0.5) is 0 Å². The Hall–Kier alpha value is -1.76. The highest BCUT2D eigenvalue weighted by atomic mass is 79.9. The Labute approximate surface area is 131 Å². The third-order valence-corrected chi connectivity index (χ3v) is 3.72. The van der Waals surface area contributed by atoms with Crippen LogP contribution in [0.5, 0.6) is 0 Å². The smallest absolute Gasteiger partial charge is 0.305 e. The number of aromatic nitrogens is 4. The number of aryl methyl sites for hydroxylation is 1. The first-order valence-corrected chi connectivity index (χ1v) is 7.45. The molecule has 1 aromatic carbocycles. The van der Waals surface area contributed by atoms with Crippen LogP contribution in [0.3, 0.4) is 0 Å². The maximum Gasteiger partial charge on any atom is 0.305 e. The predicted molar refractivity (Wildman–Crippen MR) is 81.8 cm³/mol. The van der Waals surface area contributed by atoms with E-state index >= 15 is 0 Å². The molecular weight excluding hydrogens is 336 g/mol. The van der Waals surface area contributed by atoms with Gasteiger partial charge in [0.2, 0.25) is 0 Å². The van der Waals surface area contributed by atoms with Gasteiger partial charge in [-0.2, -0.15) is 0 Å². The van der Waals surface area contributed by atoms with Gasteiger partial charge < -0.3 is 5.11 Å². The second kappa shape index (κ2) is 6.34. The first kappa shape index (κ1) is 15.6. The standard InChI is InChI=1S/C14H17BrN4O2/c1-8(2)12(7-13(20)21)19-14(16-17-18-19)10-4-9(3)5-11(15)6-10/h4-6,8,12H,7H2,1-3H3,(H,20,21). The van der Waals surface area contributed by atoms with Crippen LogP contribution in [-0.4, -0.2) is 31.3 Å². The van der Waals surface area contributed by atoms with Gasteiger partial charge in [0.1, 0.15) is 0 Å². The molecule has 0 aliphatic rings. The lowest BCUT2D eigenvalue weighted by Crippen LogP contribution is -2.21. The first-order chi connectivity index (χ1) is 9.88. The minimum atomic E-state index is -0.861. The van der Waals surface area contributed by atoms with Gasteiger partial charge in [-0.25, -0.2) is 4.68 Å². The van der Waals surface area contributed by atoms with E-state index < -0.39 is 5.97 Å². The lowest BCUT2D eigenvalue weighted by molar-refractivity contribution is -0.138. The molecule has 1 N–H and O–H groups in total. The summed E-state index contributed by atoms with van der Waals surface area (Å²) in [6.07, 6.45) is -0.0112. The molecule has 7 heteroatoms. The van der Waals surface area contributed by atoms with E-state index in [1.807, 2.05) is 39.0 Å². The fourth-order valence-electron chi connectivity index (χ4n) is 2.26. The SMILES string of the molecule is Cc1cc(Br)cc(-c2nnnn2C(CC(=O)O)C(C)C)c1. The van der Waals surface area contributed by atoms with Gasteiger partial charge in [-0.15, -0.1) is 5.10 Å². The Morgan fingerprint density at radius 1 is 1.38 bits per heavy atom. The fraction of sp³-hybridized carbons (Fsp3) is 0.429. The summed E-state index contributed by atoms with van der Waals surface area (Å²) in [5.41, 5.74) is 1.94. The summed E-state index contributed by atoms with van der Waals surface area (Å²) in [5, 5.41) is 20.9. The number of hydrogen-bond donors (Lipinski definition) is 1. The molecule has 1 atom stereocenters. The second-order valence-electron chi connectivity index (χ2n) is 5.37. The van der Waals surface area contributed by atoms with E-state index in [0.29, 0.717) is 5.82 Å². The normalized spacial score (nSPS) is 12.6. The number of aliphatic carboxylic acids is 1. The molecule has 1 heterocycles. The Morgan fingerprint density at radius 3 is 2.67 bits per heavy atom. The molecule has 0 spiro atoms. The van der Waals surface area contributed by atoms with Crippen molar-refractivity contribution in [3.63, 3.8) is 0 Å². The molecule has 1 unspecified atom stereocenters. The maximum absolute atomic E-state index is 11.1. The zero-order valence-corrected chi connectivity index (χ0v) is 13.7. The van der Waals surface area contributed by atoms with Crippen molar-refractivity contribution >= 4 is 21.9 Å². The number of carbonyl (C=O) groups is 1. The topological polar surface area (TPSA) is 80.9 Å². The van der Waals surface area contributed by atoms with Gasteiger partial charge in [0.05, 0.1) is 12.5 Å². The van der Waals surface area contributed by atoms with E-state index in [1.54, 1.807) is 4.68 Å². The number of carboxylic acids is 1. The lowest BCUT2D eigenvalue weighted by Gasteiger charge is -2.20. The Morgan fingerprint density at radius 2 is 2.10 bits per heavy atom. The third kappa shape index (κ3) is 3.66. The number of hydrogen-bond acceptors (Lipinski definition) is 4. The van der Waals surface area contributed by atoms with Gasteiger partial charge in [0.25, 0.3) is 0 Å². The highest BCUT2D eigenvalue weighted by Crippen LogP contribution is 2.28. The van der Waals surface area contributed by atoms with Gasteiger partial charge in [-0.3, -0.25) is 4.79 Å². The van der Waals surface area contributed by atoms with Crippen LogP contribution in [0.1, 0.15) is 31.9 Å². The van der Waals surface area contributed by atoms with Gasteiger partial charge >= 0.3 is 5.97 Å². The highest BCUT2D eigenvalue weighted by Gasteiger charge is 2.24. The van der Waals surface area contributed by atoms with E-state index in [0.717, 1.165) is 15.6 Å². The number of benzene rings is 1. The fourth-order valence-corrected chi connectivity index (χ4v) is 2.86. The summed E-state index contributed by atoms with van der Waals surface area (Å²) in [6.45, 7) is 5.91. The number of rotatable bonds is 5. The van der Waals surface area contributed by atoms with Crippen molar-refractivity contribution in [1.82, 2.24) is 20.2 Å². The zero-order chi connectivity index (χ0) is 15.6. The van der Waals surface area contributed by atoms with Crippen molar-refractivity contribution in [3.05, 3.63) is 28.2 Å². The summed E-state index contributed by atoms with van der Waals surface area (Å²) >= 11 is 3.46. The first-order valence-electron chi connectivity index (χ1n) is 6.65. The maximum atomic E-state index is 11.1. The minimum absolute atomic E-state index is 0.0112. The van der Waals surface area contributed by atoms with Crippen LogP contribution in [-0.2, 0) is 4.79 Å². The van der Waals surface area contributed by atoms with Crippen molar-refractivity contribution < 1.29 is 9.90 Å². The average Bonchev–Trinajstić information content (AvgIpc) is 2.82. The quantitative estimate of drug-likeness (QED) is 0.893. The molecule has 0 aliphatic heterocycles. The third-order valence-electron chi connectivity index (χ3n) is 3.26. The van der Waals surface area contributed by atoms with Crippen LogP contribution in [0.25, 0.3) is 11.4 Å². The molecule has 0 saturated carbocycles. The molecule has 1 aromatic heterocycles. The second-order valence-corrected chi connectivity index (χ2v) is 6.29. The molecular formula is C14H17BrN4O2. The summed E-state index contributed by atoms with van der Waals surface area (Å²) in [4.78, 5) is 11.1. The van der Waals surface area contributed by atoms with Crippen LogP contribution < -0.4 is 0 Å². The van der Waals surface area contributed by atoms with Crippen molar-refractivity contribution in [3.8, 4) is 11.4 Å². The summed E-state index contributed by atoms with van der Waals surface area (Å²) in [6, 6.07) is 5.61. The molecule has 0 radical (unpaired) electrons. The summed E-state index contributed by atoms with van der Waals surface area (Å²) in [5.74, 6) is -0.170. The monoisotopic (exact) mass is 352 g/mol. The van der Waals surface area contributed by atoms with Crippen molar-refractivity contribution in [2.45, 2.75) is 33.2 Å². The van der Waals surface area contributed by atoms with Gasteiger partial charge in [-0.05, 0) is 47.0 Å². The predicted octanol–water partition coefficient (Wildman–Crippen LogP) is 3.08. The van der Waals surface area contributed by atoms with Crippen LogP contribution in [0.15, 0.2) is 22.7 Å². The molecule has 0 saturated heterocycles. The molecule has 0 bridgehead atoms. The Balaban J connectivity index is 2.47. The Kier molecular flexibility index (Phi) is 4.72. The molecule has 2 aromatic rings. The van der Waals surface area contributed by atoms with Gasteiger partial charge in [0, 0.05) is 10.0 Å². The van der Waals surface area contributed by atoms with Gasteiger partial charge in [-0.1, -0.05) is 29.8 Å². The number of halogens is 1. The molecule has 0 fully saturated rings. The van der Waals surface area contributed by atoms with Crippen molar-refractivity contribution in [2.24, 2.45) is 5.92 Å². The molecule has 112 valence electrons. The molecule has 0 amide bonds. The summed E-state index contributed by atoms with van der Waals surface area (Å²) < 4.78 is 2.55.